The maximum Gasteiger partial charge on any atom is 0.277 e. The highest BCUT2D eigenvalue weighted by molar-refractivity contribution is 5.86. The molecule has 130 valence electrons. The van der Waals surface area contributed by atoms with Gasteiger partial charge in [-0.3, -0.25) is 14.9 Å². The van der Waals surface area contributed by atoms with Crippen molar-refractivity contribution < 1.29 is 19.6 Å². The van der Waals surface area contributed by atoms with Gasteiger partial charge in [-0.25, -0.2) is 5.43 Å². The van der Waals surface area contributed by atoms with Gasteiger partial charge in [0.05, 0.1) is 11.1 Å². The standard InChI is InChI=1S/C17H17N3O5/c1-11-3-6-16(12(2)7-11)25-10-17(22)19-18-9-13-8-14(20(23)24)4-5-15(13)21/h3-9,21H,10H2,1-2H3,(H,19,22). The number of hydrazone groups is 1. The van der Waals surface area contributed by atoms with E-state index in [1.807, 2.05) is 26.0 Å². The number of amides is 1. The van der Waals surface area contributed by atoms with Gasteiger partial charge >= 0.3 is 0 Å². The summed E-state index contributed by atoms with van der Waals surface area (Å²) in [5, 5.41) is 24.0. The van der Waals surface area contributed by atoms with E-state index in [4.69, 9.17) is 4.74 Å². The van der Waals surface area contributed by atoms with Crippen molar-refractivity contribution in [3.8, 4) is 11.5 Å². The summed E-state index contributed by atoms with van der Waals surface area (Å²) in [5.41, 5.74) is 4.17. The third-order valence-corrected chi connectivity index (χ3v) is 3.30. The Morgan fingerprint density at radius 3 is 2.76 bits per heavy atom. The van der Waals surface area contributed by atoms with Crippen LogP contribution in [-0.2, 0) is 4.79 Å². The van der Waals surface area contributed by atoms with Gasteiger partial charge < -0.3 is 9.84 Å². The molecule has 2 N–H and O–H groups in total. The van der Waals surface area contributed by atoms with E-state index in [9.17, 15) is 20.0 Å². The third-order valence-electron chi connectivity index (χ3n) is 3.30. The molecule has 0 heterocycles. The Balaban J connectivity index is 1.92. The summed E-state index contributed by atoms with van der Waals surface area (Å²) < 4.78 is 5.41. The van der Waals surface area contributed by atoms with Crippen LogP contribution in [0.15, 0.2) is 41.5 Å². The molecule has 0 aliphatic heterocycles. The highest BCUT2D eigenvalue weighted by Crippen LogP contribution is 2.21. The summed E-state index contributed by atoms with van der Waals surface area (Å²) in [6, 6.07) is 9.10. The summed E-state index contributed by atoms with van der Waals surface area (Å²) >= 11 is 0. The molecule has 0 saturated heterocycles. The zero-order valence-electron chi connectivity index (χ0n) is 13.7. The van der Waals surface area contributed by atoms with Crippen LogP contribution in [0.25, 0.3) is 0 Å². The number of non-ortho nitro benzene ring substituents is 1. The Morgan fingerprint density at radius 2 is 2.08 bits per heavy atom. The molecule has 0 saturated carbocycles. The number of nitrogens with one attached hydrogen (secondary N) is 1. The first kappa shape index (κ1) is 17.9. The molecule has 2 rings (SSSR count). The average molecular weight is 343 g/mol. The second-order valence-electron chi connectivity index (χ2n) is 5.35. The molecule has 0 atom stereocenters. The number of aromatic hydroxyl groups is 1. The Labute approximate surface area is 143 Å². The molecule has 0 unspecified atom stereocenters. The minimum absolute atomic E-state index is 0.116. The molecule has 0 radical (unpaired) electrons. The minimum atomic E-state index is -0.590. The zero-order chi connectivity index (χ0) is 18.4. The van der Waals surface area contributed by atoms with Crippen LogP contribution in [0.5, 0.6) is 11.5 Å². The first-order chi connectivity index (χ1) is 11.9. The van der Waals surface area contributed by atoms with E-state index >= 15 is 0 Å². The molecule has 0 spiro atoms. The van der Waals surface area contributed by atoms with Crippen LogP contribution in [0.3, 0.4) is 0 Å². The molecule has 0 fully saturated rings. The number of carbonyl (C=O) groups is 1. The zero-order valence-corrected chi connectivity index (χ0v) is 13.7. The van der Waals surface area contributed by atoms with Crippen LogP contribution >= 0.6 is 0 Å². The number of rotatable bonds is 6. The molecule has 0 aromatic heterocycles. The molecule has 2 aromatic rings. The molecule has 25 heavy (non-hydrogen) atoms. The average Bonchev–Trinajstić information content (AvgIpc) is 2.55. The highest BCUT2D eigenvalue weighted by atomic mass is 16.6. The molecule has 0 bridgehead atoms. The molecule has 0 aliphatic rings. The summed E-state index contributed by atoms with van der Waals surface area (Å²) in [6.07, 6.45) is 1.12. The highest BCUT2D eigenvalue weighted by Gasteiger charge is 2.09. The smallest absolute Gasteiger partial charge is 0.277 e. The summed E-state index contributed by atoms with van der Waals surface area (Å²) in [7, 11) is 0. The van der Waals surface area contributed by atoms with Crippen molar-refractivity contribution in [2.45, 2.75) is 13.8 Å². The maximum absolute atomic E-state index is 11.7. The number of carbonyl (C=O) groups excluding carboxylic acids is 1. The molecule has 8 heteroatoms. The number of benzene rings is 2. The van der Waals surface area contributed by atoms with Gasteiger partial charge in [0, 0.05) is 17.7 Å². The number of nitro groups is 1. The fourth-order valence-electron chi connectivity index (χ4n) is 2.07. The van der Waals surface area contributed by atoms with Crippen molar-refractivity contribution in [2.75, 3.05) is 6.61 Å². The summed E-state index contributed by atoms with van der Waals surface area (Å²) in [5.74, 6) is -0.0858. The molecule has 0 aliphatic carbocycles. The van der Waals surface area contributed by atoms with Gasteiger partial charge in [-0.2, -0.15) is 5.10 Å². The number of aryl methyl sites for hydroxylation is 2. The Kier molecular flexibility index (Phi) is 5.67. The largest absolute Gasteiger partial charge is 0.507 e. The van der Waals surface area contributed by atoms with Gasteiger partial charge in [0.1, 0.15) is 11.5 Å². The molecule has 8 nitrogen and oxygen atoms in total. The lowest BCUT2D eigenvalue weighted by molar-refractivity contribution is -0.384. The van der Waals surface area contributed by atoms with E-state index < -0.39 is 10.8 Å². The fourth-order valence-corrected chi connectivity index (χ4v) is 2.07. The van der Waals surface area contributed by atoms with E-state index in [0.29, 0.717) is 5.75 Å². The van der Waals surface area contributed by atoms with Crippen LogP contribution in [0.2, 0.25) is 0 Å². The Bertz CT molecular complexity index is 833. The quantitative estimate of drug-likeness (QED) is 0.475. The number of ether oxygens (including phenoxy) is 1. The Morgan fingerprint density at radius 1 is 1.32 bits per heavy atom. The lowest BCUT2D eigenvalue weighted by Gasteiger charge is -2.08. The van der Waals surface area contributed by atoms with Crippen LogP contribution in [-0.4, -0.2) is 28.8 Å². The van der Waals surface area contributed by atoms with Crippen molar-refractivity contribution >= 4 is 17.8 Å². The van der Waals surface area contributed by atoms with Gasteiger partial charge in [-0.1, -0.05) is 17.7 Å². The predicted molar refractivity (Wildman–Crippen MR) is 91.9 cm³/mol. The van der Waals surface area contributed by atoms with Crippen LogP contribution in [0, 0.1) is 24.0 Å². The second kappa shape index (κ2) is 7.91. The van der Waals surface area contributed by atoms with E-state index in [1.54, 1.807) is 6.07 Å². The fraction of sp³-hybridized carbons (Fsp3) is 0.176. The van der Waals surface area contributed by atoms with Crippen molar-refractivity contribution in [2.24, 2.45) is 5.10 Å². The van der Waals surface area contributed by atoms with E-state index in [2.05, 4.69) is 10.5 Å². The van der Waals surface area contributed by atoms with Crippen molar-refractivity contribution in [3.05, 3.63) is 63.2 Å². The number of hydrogen-bond donors (Lipinski definition) is 2. The van der Waals surface area contributed by atoms with Crippen molar-refractivity contribution in [1.29, 1.82) is 0 Å². The van der Waals surface area contributed by atoms with Gasteiger partial charge in [-0.15, -0.1) is 0 Å². The number of nitrogens with zero attached hydrogens (tertiary/aromatic N) is 2. The lowest BCUT2D eigenvalue weighted by atomic mass is 10.1. The van der Waals surface area contributed by atoms with Gasteiger partial charge in [0.15, 0.2) is 6.61 Å². The monoisotopic (exact) mass is 343 g/mol. The molecule has 2 aromatic carbocycles. The Hall–Kier alpha value is -3.42. The molecular formula is C17H17N3O5. The number of phenols is 1. The first-order valence-electron chi connectivity index (χ1n) is 7.36. The first-order valence-corrected chi connectivity index (χ1v) is 7.36. The third kappa shape index (κ3) is 5.03. The van der Waals surface area contributed by atoms with E-state index in [-0.39, 0.29) is 23.6 Å². The minimum Gasteiger partial charge on any atom is -0.507 e. The second-order valence-corrected chi connectivity index (χ2v) is 5.35. The van der Waals surface area contributed by atoms with Crippen molar-refractivity contribution in [1.82, 2.24) is 5.43 Å². The molecule has 1 amide bonds. The number of hydrogen-bond acceptors (Lipinski definition) is 6. The summed E-state index contributed by atoms with van der Waals surface area (Å²) in [4.78, 5) is 21.8. The van der Waals surface area contributed by atoms with Crippen LogP contribution < -0.4 is 10.2 Å². The normalized spacial score (nSPS) is 10.6. The van der Waals surface area contributed by atoms with Crippen LogP contribution in [0.4, 0.5) is 5.69 Å². The van der Waals surface area contributed by atoms with Crippen molar-refractivity contribution in [3.63, 3.8) is 0 Å². The van der Waals surface area contributed by atoms with Gasteiger partial charge in [0.25, 0.3) is 11.6 Å². The lowest BCUT2D eigenvalue weighted by Crippen LogP contribution is -2.24. The van der Waals surface area contributed by atoms with E-state index in [1.165, 1.54) is 12.1 Å². The number of nitro benzene ring substituents is 1. The maximum atomic E-state index is 11.7. The number of phenolic OH excluding ortho intramolecular Hbond substituents is 1. The predicted octanol–water partition coefficient (Wildman–Crippen LogP) is 2.45. The van der Waals surface area contributed by atoms with E-state index in [0.717, 1.165) is 23.4 Å². The summed E-state index contributed by atoms with van der Waals surface area (Å²) in [6.45, 7) is 3.60. The topological polar surface area (TPSA) is 114 Å². The van der Waals surface area contributed by atoms with Gasteiger partial charge in [0.2, 0.25) is 0 Å². The molecular weight excluding hydrogens is 326 g/mol. The van der Waals surface area contributed by atoms with Crippen LogP contribution in [0.1, 0.15) is 16.7 Å². The SMILES string of the molecule is Cc1ccc(OCC(=O)NN=Cc2cc([N+](=O)[O-])ccc2O)c(C)c1. The van der Waals surface area contributed by atoms with Gasteiger partial charge in [-0.05, 0) is 31.5 Å².